The summed E-state index contributed by atoms with van der Waals surface area (Å²) in [5.41, 5.74) is 0. The van der Waals surface area contributed by atoms with Gasteiger partial charge in [0, 0.05) is 11.8 Å². The second-order valence-electron chi connectivity index (χ2n) is 9.96. The molecule has 13 atom stereocenters. The smallest absolute Gasteiger partial charge is 0.397 e. The zero-order chi connectivity index (χ0) is 30.6. The van der Waals surface area contributed by atoms with Crippen molar-refractivity contribution >= 4 is 16.4 Å². The summed E-state index contributed by atoms with van der Waals surface area (Å²) in [4.78, 5) is 11.2. The zero-order valence-electron chi connectivity index (χ0n) is 21.7. The van der Waals surface area contributed by atoms with E-state index < -0.39 is 121 Å². The lowest BCUT2D eigenvalue weighted by Crippen LogP contribution is -2.59. The molecule has 19 heteroatoms. The van der Waals surface area contributed by atoms with Crippen molar-refractivity contribution in [1.29, 1.82) is 0 Å². The van der Waals surface area contributed by atoms with Crippen LogP contribution in [0.25, 0.3) is 0 Å². The van der Waals surface area contributed by atoms with Crippen molar-refractivity contribution in [2.75, 3.05) is 33.0 Å². The zero-order valence-corrected chi connectivity index (χ0v) is 22.5. The van der Waals surface area contributed by atoms with Crippen LogP contribution in [0.3, 0.4) is 0 Å². The average Bonchev–Trinajstić information content (AvgIpc) is 2.89. The van der Waals surface area contributed by atoms with Crippen LogP contribution in [0.2, 0.25) is 0 Å². The third-order valence-corrected chi connectivity index (χ3v) is 7.58. The number of ether oxygens (including phenoxy) is 5. The number of hydrogen-bond acceptors (Lipinski definition) is 16. The highest BCUT2D eigenvalue weighted by Gasteiger charge is 2.47. The van der Waals surface area contributed by atoms with Gasteiger partial charge >= 0.3 is 16.4 Å². The van der Waals surface area contributed by atoms with Crippen LogP contribution in [-0.2, 0) is 43.1 Å². The number of aliphatic carboxylic acids is 1. The Balaban J connectivity index is 1.63. The van der Waals surface area contributed by atoms with Gasteiger partial charge in [-0.1, -0.05) is 0 Å². The average molecular weight is 621 g/mol. The fraction of sp³-hybridized carbons (Fsp3) is 0.864. The Morgan fingerprint density at radius 2 is 1.46 bits per heavy atom. The summed E-state index contributed by atoms with van der Waals surface area (Å²) >= 11 is 0. The highest BCUT2D eigenvalue weighted by Crippen LogP contribution is 2.32. The third-order valence-electron chi connectivity index (χ3n) is 7.11. The fourth-order valence-corrected chi connectivity index (χ4v) is 5.34. The van der Waals surface area contributed by atoms with Crippen molar-refractivity contribution in [3.05, 3.63) is 11.8 Å². The van der Waals surface area contributed by atoms with Gasteiger partial charge in [0.2, 0.25) is 5.76 Å². The van der Waals surface area contributed by atoms with E-state index in [1.165, 1.54) is 6.92 Å². The predicted octanol–water partition coefficient (Wildman–Crippen LogP) is -4.89. The fourth-order valence-electron chi connectivity index (χ4n) is 4.83. The molecular weight excluding hydrogens is 584 g/mol. The molecule has 3 heterocycles. The molecule has 9 N–H and O–H groups in total. The van der Waals surface area contributed by atoms with Gasteiger partial charge in [-0.15, -0.1) is 0 Å². The maximum Gasteiger partial charge on any atom is 0.397 e. The van der Waals surface area contributed by atoms with Gasteiger partial charge in [0.25, 0.3) is 0 Å². The number of aliphatic hydroxyl groups is 7. The van der Waals surface area contributed by atoms with Crippen LogP contribution in [0, 0.1) is 11.8 Å². The second-order valence-corrected chi connectivity index (χ2v) is 11.0. The maximum atomic E-state index is 11.2. The van der Waals surface area contributed by atoms with E-state index in [0.29, 0.717) is 0 Å². The molecule has 0 saturated carbocycles. The Bertz CT molecular complexity index is 1010. The van der Waals surface area contributed by atoms with Crippen LogP contribution in [-0.4, -0.2) is 160 Å². The van der Waals surface area contributed by atoms with E-state index >= 15 is 0 Å². The minimum absolute atomic E-state index is 0.341. The molecule has 2 saturated heterocycles. The Morgan fingerprint density at radius 1 is 0.854 bits per heavy atom. The molecule has 0 aromatic rings. The van der Waals surface area contributed by atoms with Gasteiger partial charge in [-0.3, -0.25) is 4.55 Å². The molecular formula is C22H36O18S. The van der Waals surface area contributed by atoms with Gasteiger partial charge in [-0.25, -0.2) is 8.98 Å². The molecule has 18 nitrogen and oxygen atoms in total. The summed E-state index contributed by atoms with van der Waals surface area (Å²) < 4.78 is 62.5. The van der Waals surface area contributed by atoms with Crippen molar-refractivity contribution in [1.82, 2.24) is 0 Å². The molecule has 0 bridgehead atoms. The molecule has 0 aromatic carbocycles. The maximum absolute atomic E-state index is 11.2. The van der Waals surface area contributed by atoms with Crippen LogP contribution in [0.5, 0.6) is 0 Å². The van der Waals surface area contributed by atoms with Gasteiger partial charge in [-0.05, 0) is 13.0 Å². The summed E-state index contributed by atoms with van der Waals surface area (Å²) in [7, 11) is -5.03. The quantitative estimate of drug-likeness (QED) is 0.0924. The molecule has 8 unspecified atom stereocenters. The first-order chi connectivity index (χ1) is 19.1. The standard InChI is InChI=1S/C22H36O18S/c1-8-16(25)20(40-41(32,33)34)19(28)15(37-8)7-35-4-9-10(22(31)39-13(3-23)17(9)26)5-36-6-14-18(27)11(24)2-12(38-14)21(29)30/h2,8-11,13-20,22-28,31H,3-7H2,1H3,(H,29,30)(H,32,33,34)/t8?,9?,10?,11?,13?,14-,15-,16+,17-,18?,19?,20?,22+/m0/s1. The van der Waals surface area contributed by atoms with E-state index in [2.05, 4.69) is 4.18 Å². The molecule has 238 valence electrons. The van der Waals surface area contributed by atoms with Crippen LogP contribution >= 0.6 is 0 Å². The summed E-state index contributed by atoms with van der Waals surface area (Å²) in [5.74, 6) is -4.05. The molecule has 0 radical (unpaired) electrons. The van der Waals surface area contributed by atoms with Crippen molar-refractivity contribution < 1.29 is 86.5 Å². The first-order valence-electron chi connectivity index (χ1n) is 12.6. The largest absolute Gasteiger partial charge is 0.478 e. The highest BCUT2D eigenvalue weighted by molar-refractivity contribution is 7.80. The second kappa shape index (κ2) is 14.3. The van der Waals surface area contributed by atoms with Gasteiger partial charge in [-0.2, -0.15) is 8.42 Å². The SMILES string of the molecule is CC1O[C@@H](COCC2C(COC[C@@H]3OC(C(=O)O)=CC(O)C3O)[C@H](O)OC(CO)[C@H]2O)C(O)C(OS(=O)(=O)O)[C@@H]1O. The van der Waals surface area contributed by atoms with E-state index in [4.69, 9.17) is 33.3 Å². The predicted molar refractivity (Wildman–Crippen MR) is 128 cm³/mol. The lowest BCUT2D eigenvalue weighted by Gasteiger charge is -2.43. The topological polar surface area (TPSA) is 289 Å². The first-order valence-corrected chi connectivity index (χ1v) is 13.9. The Labute approximate surface area is 234 Å². The molecule has 0 aromatic heterocycles. The minimum Gasteiger partial charge on any atom is -0.478 e. The van der Waals surface area contributed by atoms with E-state index in [9.17, 15) is 49.0 Å². The summed E-state index contributed by atoms with van der Waals surface area (Å²) in [6, 6.07) is 0. The monoisotopic (exact) mass is 620 g/mol. The van der Waals surface area contributed by atoms with Crippen molar-refractivity contribution in [2.24, 2.45) is 11.8 Å². The minimum atomic E-state index is -5.03. The summed E-state index contributed by atoms with van der Waals surface area (Å²) in [6.45, 7) is -0.853. The van der Waals surface area contributed by atoms with E-state index in [1.807, 2.05) is 0 Å². The lowest BCUT2D eigenvalue weighted by atomic mass is 9.83. The van der Waals surface area contributed by atoms with Crippen molar-refractivity contribution in [3.63, 3.8) is 0 Å². The first kappa shape index (κ1) is 33.9. The number of carboxylic acid groups (broad SMARTS) is 1. The van der Waals surface area contributed by atoms with Gasteiger partial charge in [0.15, 0.2) is 12.4 Å². The van der Waals surface area contributed by atoms with Gasteiger partial charge < -0.3 is 64.5 Å². The molecule has 3 aliphatic rings. The van der Waals surface area contributed by atoms with Crippen molar-refractivity contribution in [2.45, 2.75) is 74.3 Å². The van der Waals surface area contributed by atoms with Crippen molar-refractivity contribution in [3.8, 4) is 0 Å². The normalized spacial score (nSPS) is 41.9. The molecule has 41 heavy (non-hydrogen) atoms. The van der Waals surface area contributed by atoms with E-state index in [0.717, 1.165) is 6.08 Å². The molecule has 0 spiro atoms. The summed E-state index contributed by atoms with van der Waals surface area (Å²) in [5, 5.41) is 80.5. The highest BCUT2D eigenvalue weighted by atomic mass is 32.3. The molecule has 3 rings (SSSR count). The van der Waals surface area contributed by atoms with Crippen LogP contribution in [0.4, 0.5) is 0 Å². The third kappa shape index (κ3) is 8.51. The number of carbonyl (C=O) groups is 1. The van der Waals surface area contributed by atoms with Crippen LogP contribution < -0.4 is 0 Å². The number of rotatable bonds is 12. The van der Waals surface area contributed by atoms with Gasteiger partial charge in [0.05, 0.1) is 45.2 Å². The van der Waals surface area contributed by atoms with Gasteiger partial charge in [0.1, 0.15) is 42.7 Å². The molecule has 2 fully saturated rings. The Hall–Kier alpha value is -1.56. The van der Waals surface area contributed by atoms with Crippen LogP contribution in [0.1, 0.15) is 6.92 Å². The Morgan fingerprint density at radius 3 is 2.05 bits per heavy atom. The lowest BCUT2D eigenvalue weighted by molar-refractivity contribution is -0.273. The van der Waals surface area contributed by atoms with E-state index in [1.54, 1.807) is 0 Å². The van der Waals surface area contributed by atoms with Crippen LogP contribution in [0.15, 0.2) is 11.8 Å². The Kier molecular flexibility index (Phi) is 11.8. The molecule has 0 aliphatic carbocycles. The summed E-state index contributed by atoms with van der Waals surface area (Å²) in [6.07, 6.45) is -15.2. The van der Waals surface area contributed by atoms with E-state index in [-0.39, 0.29) is 13.2 Å². The molecule has 0 amide bonds. The number of aliphatic hydroxyl groups excluding tert-OH is 7. The number of hydrogen-bond donors (Lipinski definition) is 9. The number of carboxylic acids is 1. The molecule has 3 aliphatic heterocycles.